The van der Waals surface area contributed by atoms with E-state index in [2.05, 4.69) is 537 Å². The highest BCUT2D eigenvalue weighted by molar-refractivity contribution is 6.17. The Balaban J connectivity index is 0.000000106. The van der Waals surface area contributed by atoms with Crippen molar-refractivity contribution in [3.05, 3.63) is 510 Å². The van der Waals surface area contributed by atoms with Gasteiger partial charge < -0.3 is 27.4 Å². The van der Waals surface area contributed by atoms with Gasteiger partial charge in [-0.15, -0.1) is 0 Å². The molecule has 6 aromatic heterocycles. The van der Waals surface area contributed by atoms with Crippen LogP contribution >= 0.6 is 0 Å². The van der Waals surface area contributed by atoms with Crippen molar-refractivity contribution < 1.29 is 0 Å². The molecule has 21 aromatic carbocycles. The van der Waals surface area contributed by atoms with Gasteiger partial charge in [-0.2, -0.15) is 0 Å². The number of fused-ring (bicyclic) bond motifs is 18. The summed E-state index contributed by atoms with van der Waals surface area (Å²) in [5.74, 6) is 0. The fourth-order valence-electron chi connectivity index (χ4n) is 20.7. The van der Waals surface area contributed by atoms with Crippen molar-refractivity contribution in [3.63, 3.8) is 0 Å². The van der Waals surface area contributed by atoms with Gasteiger partial charge in [0.05, 0.1) is 66.2 Å². The first-order valence-electron chi connectivity index (χ1n) is 45.3. The van der Waals surface area contributed by atoms with E-state index in [-0.39, 0.29) is 0 Å². The summed E-state index contributed by atoms with van der Waals surface area (Å²) in [6.07, 6.45) is 0. The molecule has 0 aliphatic carbocycles. The molecule has 6 heteroatoms. The zero-order chi connectivity index (χ0) is 87.1. The zero-order valence-corrected chi connectivity index (χ0v) is 72.2. The summed E-state index contributed by atoms with van der Waals surface area (Å²) in [4.78, 5) is 0. The van der Waals surface area contributed by atoms with Crippen LogP contribution in [0.15, 0.2) is 510 Å². The molecule has 0 spiro atoms. The van der Waals surface area contributed by atoms with Gasteiger partial charge in [-0.1, -0.05) is 346 Å². The van der Waals surface area contributed by atoms with E-state index in [1.807, 2.05) is 0 Å². The predicted molar refractivity (Wildman–Crippen MR) is 558 cm³/mol. The Morgan fingerprint density at radius 2 is 0.258 bits per heavy atom. The molecule has 6 heterocycles. The fourth-order valence-corrected chi connectivity index (χ4v) is 20.7. The first kappa shape index (κ1) is 76.8. The average molecular weight is 1680 g/mol. The SMILES string of the molecule is c1ccc(-c2ccc(-n3c4ccccc4c4ccc(-c5ccc6c(c5)c5ccccc5n6-c5ccccc5)cc43)cc2)cc1.c1ccc(-c2cccc(-n3c4ccccc4c4cc(-c5ccc6c7ccccc7n(-c7ccccc7)c6c5)ccc43)c2)cc1.c1ccc(-c2cccc(-n3c4ccccc4c4ccc(-c5ccc6c(c5)c5ccccc5n6-c5ccccc5)cc43)c2)cc1. The largest absolute Gasteiger partial charge is 0.309 e. The Morgan fingerprint density at radius 3 is 0.568 bits per heavy atom. The van der Waals surface area contributed by atoms with Gasteiger partial charge in [-0.3, -0.25) is 0 Å². The second kappa shape index (κ2) is 32.4. The zero-order valence-electron chi connectivity index (χ0n) is 72.2. The highest BCUT2D eigenvalue weighted by Crippen LogP contribution is 2.45. The van der Waals surface area contributed by atoms with E-state index >= 15 is 0 Å². The summed E-state index contributed by atoms with van der Waals surface area (Å²) < 4.78 is 14.3. The first-order chi connectivity index (χ1) is 65.5. The number of aromatic nitrogens is 6. The smallest absolute Gasteiger partial charge is 0.0547 e. The second-order valence-electron chi connectivity index (χ2n) is 34.3. The molecule has 0 fully saturated rings. The van der Waals surface area contributed by atoms with E-state index in [1.54, 1.807) is 0 Å². The summed E-state index contributed by atoms with van der Waals surface area (Å²) in [6, 6.07) is 184. The van der Waals surface area contributed by atoms with Crippen molar-refractivity contribution in [3.8, 4) is 101 Å². The molecule has 6 nitrogen and oxygen atoms in total. The van der Waals surface area contributed by atoms with Crippen LogP contribution in [-0.2, 0) is 0 Å². The Hall–Kier alpha value is -17.6. The molecule has 0 atom stereocenters. The topological polar surface area (TPSA) is 29.6 Å². The minimum Gasteiger partial charge on any atom is -0.309 e. The van der Waals surface area contributed by atoms with Crippen LogP contribution in [0.4, 0.5) is 0 Å². The summed E-state index contributed by atoms with van der Waals surface area (Å²) in [7, 11) is 0. The van der Waals surface area contributed by atoms with Crippen LogP contribution < -0.4 is 0 Å². The Morgan fingerprint density at radius 1 is 0.0833 bits per heavy atom. The first-order valence-corrected chi connectivity index (χ1v) is 45.3. The Labute approximate surface area is 763 Å². The van der Waals surface area contributed by atoms with Gasteiger partial charge in [-0.05, 0) is 231 Å². The van der Waals surface area contributed by atoms with Gasteiger partial charge in [0.2, 0.25) is 0 Å². The number of benzene rings is 21. The molecule has 27 aromatic rings. The number of hydrogen-bond acceptors (Lipinski definition) is 0. The standard InChI is InChI=1S/3C42H28N2/c1-3-12-29(13-4-1)30-14-11-17-34(26-30)44-39-20-9-7-18-35(39)37-24-22-32(28-42(37)44)31-23-25-41-38(27-31)36-19-8-10-21-40(36)43(41)33-15-5-2-6-16-33;1-3-12-29(13-4-1)30-14-11-17-34(26-30)44-40-21-10-8-19-36(40)38-27-31(23-25-41(38)44)32-22-24-37-35-18-7-9-20-39(35)43(42(37)28-32)33-15-5-2-6-16-33;1-3-11-29(12-4-1)30-19-23-34(24-20-30)44-39-17-9-7-15-35(39)37-25-21-32(28-42(37)44)31-22-26-41-38(27-31)36-16-8-10-18-40(36)43(41)33-13-5-2-6-14-33/h3*1-28H. The van der Waals surface area contributed by atoms with Crippen molar-refractivity contribution in [2.45, 2.75) is 0 Å². The Bertz CT molecular complexity index is 9110. The quantitative estimate of drug-likeness (QED) is 0.117. The molecule has 0 saturated heterocycles. The maximum Gasteiger partial charge on any atom is 0.0547 e. The number of hydrogen-bond donors (Lipinski definition) is 0. The van der Waals surface area contributed by atoms with Gasteiger partial charge in [0.1, 0.15) is 0 Å². The van der Waals surface area contributed by atoms with Crippen LogP contribution in [0, 0.1) is 0 Å². The molecule has 0 aliphatic heterocycles. The summed E-state index contributed by atoms with van der Waals surface area (Å²) in [5, 5.41) is 15.2. The van der Waals surface area contributed by atoms with Crippen LogP contribution in [0.25, 0.3) is 232 Å². The van der Waals surface area contributed by atoms with Crippen molar-refractivity contribution in [2.75, 3.05) is 0 Å². The minimum atomic E-state index is 1.16. The van der Waals surface area contributed by atoms with Gasteiger partial charge in [0.15, 0.2) is 0 Å². The van der Waals surface area contributed by atoms with Gasteiger partial charge in [0, 0.05) is 98.8 Å². The summed E-state index contributed by atoms with van der Waals surface area (Å²) >= 11 is 0. The van der Waals surface area contributed by atoms with Gasteiger partial charge in [-0.25, -0.2) is 0 Å². The van der Waals surface area contributed by atoms with Crippen molar-refractivity contribution in [1.29, 1.82) is 0 Å². The molecule has 0 radical (unpaired) electrons. The minimum absolute atomic E-state index is 1.16. The van der Waals surface area contributed by atoms with Crippen molar-refractivity contribution >= 4 is 131 Å². The summed E-state index contributed by atoms with van der Waals surface area (Å²) in [5.41, 5.74) is 36.2. The van der Waals surface area contributed by atoms with E-state index in [0.29, 0.717) is 0 Å². The van der Waals surface area contributed by atoms with Gasteiger partial charge in [0.25, 0.3) is 0 Å². The number of rotatable bonds is 12. The lowest BCUT2D eigenvalue weighted by atomic mass is 10.0. The molecular formula is C126H84N6. The van der Waals surface area contributed by atoms with Gasteiger partial charge >= 0.3 is 0 Å². The fraction of sp³-hybridized carbons (Fsp3) is 0. The lowest BCUT2D eigenvalue weighted by Crippen LogP contribution is -1.94. The number of para-hydroxylation sites is 9. The maximum atomic E-state index is 2.42. The monoisotopic (exact) mass is 1680 g/mol. The molecule has 0 bridgehead atoms. The average Bonchev–Trinajstić information content (AvgIpc) is 1.72. The number of nitrogens with zero attached hydrogens (tertiary/aromatic N) is 6. The van der Waals surface area contributed by atoms with Crippen molar-refractivity contribution in [1.82, 2.24) is 27.4 Å². The predicted octanol–water partition coefficient (Wildman–Crippen LogP) is 33.6. The maximum absolute atomic E-state index is 2.42. The molecule has 0 saturated carbocycles. The molecule has 0 amide bonds. The van der Waals surface area contributed by atoms with E-state index in [1.165, 1.54) is 220 Å². The van der Waals surface area contributed by atoms with Crippen LogP contribution in [0.2, 0.25) is 0 Å². The molecular weight excluding hydrogens is 1600 g/mol. The molecule has 0 N–H and O–H groups in total. The highest BCUT2D eigenvalue weighted by Gasteiger charge is 2.23. The van der Waals surface area contributed by atoms with Crippen LogP contribution in [0.3, 0.4) is 0 Å². The van der Waals surface area contributed by atoms with Crippen molar-refractivity contribution in [2.24, 2.45) is 0 Å². The summed E-state index contributed by atoms with van der Waals surface area (Å²) in [6.45, 7) is 0. The van der Waals surface area contributed by atoms with Crippen LogP contribution in [0.1, 0.15) is 0 Å². The molecule has 132 heavy (non-hydrogen) atoms. The Kier molecular flexibility index (Phi) is 18.8. The second-order valence-corrected chi connectivity index (χ2v) is 34.3. The third-order valence-electron chi connectivity index (χ3n) is 26.7. The van der Waals surface area contributed by atoms with E-state index in [0.717, 1.165) is 11.4 Å². The lowest BCUT2D eigenvalue weighted by molar-refractivity contribution is 1.18. The van der Waals surface area contributed by atoms with E-state index in [4.69, 9.17) is 0 Å². The van der Waals surface area contributed by atoms with E-state index in [9.17, 15) is 0 Å². The molecule has 0 aliphatic rings. The lowest BCUT2D eigenvalue weighted by Gasteiger charge is -2.11. The highest BCUT2D eigenvalue weighted by atomic mass is 15.0. The third kappa shape index (κ3) is 13.3. The molecule has 27 rings (SSSR count). The normalized spacial score (nSPS) is 11.6. The van der Waals surface area contributed by atoms with Crippen LogP contribution in [0.5, 0.6) is 0 Å². The van der Waals surface area contributed by atoms with E-state index < -0.39 is 0 Å². The third-order valence-corrected chi connectivity index (χ3v) is 26.7. The molecule has 0 unspecified atom stereocenters. The van der Waals surface area contributed by atoms with Crippen LogP contribution in [-0.4, -0.2) is 27.4 Å². The molecule has 618 valence electrons.